The van der Waals surface area contributed by atoms with E-state index >= 15 is 0 Å². The summed E-state index contributed by atoms with van der Waals surface area (Å²) in [4.78, 5) is 7.18. The van der Waals surface area contributed by atoms with E-state index in [2.05, 4.69) is 9.97 Å². The van der Waals surface area contributed by atoms with Crippen LogP contribution in [0.3, 0.4) is 0 Å². The molecule has 3 nitrogen and oxygen atoms in total. The largest absolute Gasteiger partial charge is 0.434 e. The van der Waals surface area contributed by atoms with Gasteiger partial charge in [-0.25, -0.2) is 8.78 Å². The molecule has 2 heterocycles. The Hall–Kier alpha value is -2.34. The van der Waals surface area contributed by atoms with Crippen molar-refractivity contribution in [3.8, 4) is 11.6 Å². The number of hydrogen-bond acceptors (Lipinski definition) is 3. The van der Waals surface area contributed by atoms with E-state index < -0.39 is 23.5 Å². The van der Waals surface area contributed by atoms with E-state index in [1.807, 2.05) is 0 Å². The smallest absolute Gasteiger partial charge is 0.258 e. The average Bonchev–Trinajstić information content (AvgIpc) is 2.48. The van der Waals surface area contributed by atoms with Gasteiger partial charge in [0.25, 0.3) is 11.8 Å². The molecular weight excluding hydrogens is 305 g/mol. The van der Waals surface area contributed by atoms with Crippen molar-refractivity contribution in [3.63, 3.8) is 0 Å². The zero-order valence-electron chi connectivity index (χ0n) is 10.3. The standard InChI is InChI=1S/C14H6ClF3N2O/c15-8-3-4-11(12-7(8)2-1-5-19-12)21-14-10(17)6-9(16)13(18)20-14/h1-6H. The fourth-order valence-corrected chi connectivity index (χ4v) is 2.01. The zero-order valence-corrected chi connectivity index (χ0v) is 11.0. The predicted octanol–water partition coefficient (Wildman–Crippen LogP) is 4.49. The first-order valence-electron chi connectivity index (χ1n) is 5.79. The van der Waals surface area contributed by atoms with Crippen LogP contribution in [0.4, 0.5) is 13.2 Å². The second kappa shape index (κ2) is 5.21. The van der Waals surface area contributed by atoms with Crippen molar-refractivity contribution in [1.82, 2.24) is 9.97 Å². The number of halogens is 4. The Balaban J connectivity index is 2.11. The van der Waals surface area contributed by atoms with Gasteiger partial charge in [0, 0.05) is 17.6 Å². The lowest BCUT2D eigenvalue weighted by molar-refractivity contribution is 0.389. The van der Waals surface area contributed by atoms with Crippen LogP contribution in [-0.2, 0) is 0 Å². The number of ether oxygens (including phenoxy) is 1. The molecule has 7 heteroatoms. The summed E-state index contributed by atoms with van der Waals surface area (Å²) in [5, 5.41) is 1.02. The molecule has 2 aromatic heterocycles. The summed E-state index contributed by atoms with van der Waals surface area (Å²) in [5.41, 5.74) is 0.357. The monoisotopic (exact) mass is 310 g/mol. The Bertz CT molecular complexity index is 842. The van der Waals surface area contributed by atoms with Crippen molar-refractivity contribution in [2.45, 2.75) is 0 Å². The Morgan fingerprint density at radius 1 is 1.05 bits per heavy atom. The lowest BCUT2D eigenvalue weighted by atomic mass is 10.2. The summed E-state index contributed by atoms with van der Waals surface area (Å²) in [7, 11) is 0. The highest BCUT2D eigenvalue weighted by Crippen LogP contribution is 2.33. The van der Waals surface area contributed by atoms with Gasteiger partial charge < -0.3 is 4.74 Å². The summed E-state index contributed by atoms with van der Waals surface area (Å²) >= 11 is 6.01. The van der Waals surface area contributed by atoms with Crippen LogP contribution in [0.25, 0.3) is 10.9 Å². The molecule has 0 atom stereocenters. The molecule has 3 aromatic rings. The lowest BCUT2D eigenvalue weighted by Crippen LogP contribution is -1.98. The van der Waals surface area contributed by atoms with Gasteiger partial charge in [0.05, 0.1) is 5.02 Å². The van der Waals surface area contributed by atoms with E-state index in [4.69, 9.17) is 16.3 Å². The van der Waals surface area contributed by atoms with Crippen LogP contribution in [0.1, 0.15) is 0 Å². The van der Waals surface area contributed by atoms with Gasteiger partial charge in [-0.3, -0.25) is 4.98 Å². The van der Waals surface area contributed by atoms with Crippen molar-refractivity contribution >= 4 is 22.5 Å². The molecule has 0 fully saturated rings. The Kier molecular flexibility index (Phi) is 3.39. The van der Waals surface area contributed by atoms with Crippen molar-refractivity contribution in [2.75, 3.05) is 0 Å². The number of aromatic nitrogens is 2. The van der Waals surface area contributed by atoms with Gasteiger partial charge in [-0.05, 0) is 24.3 Å². The molecule has 0 bridgehead atoms. The molecule has 0 unspecified atom stereocenters. The highest BCUT2D eigenvalue weighted by Gasteiger charge is 2.15. The Morgan fingerprint density at radius 2 is 1.86 bits per heavy atom. The van der Waals surface area contributed by atoms with Crippen LogP contribution in [0.2, 0.25) is 5.02 Å². The van der Waals surface area contributed by atoms with Gasteiger partial charge in [0.2, 0.25) is 0 Å². The highest BCUT2D eigenvalue weighted by atomic mass is 35.5. The van der Waals surface area contributed by atoms with Gasteiger partial charge in [-0.2, -0.15) is 9.37 Å². The fourth-order valence-electron chi connectivity index (χ4n) is 1.80. The molecule has 0 N–H and O–H groups in total. The van der Waals surface area contributed by atoms with Crippen LogP contribution in [0.15, 0.2) is 36.5 Å². The summed E-state index contributed by atoms with van der Waals surface area (Å²) in [6.07, 6.45) is 1.50. The molecule has 0 saturated heterocycles. The average molecular weight is 311 g/mol. The molecule has 106 valence electrons. The maximum absolute atomic E-state index is 13.6. The van der Waals surface area contributed by atoms with Crippen LogP contribution in [-0.4, -0.2) is 9.97 Å². The Labute approximate surface area is 122 Å². The zero-order chi connectivity index (χ0) is 15.0. The molecule has 0 spiro atoms. The molecule has 21 heavy (non-hydrogen) atoms. The normalized spacial score (nSPS) is 10.9. The molecule has 3 rings (SSSR count). The van der Waals surface area contributed by atoms with E-state index in [9.17, 15) is 13.2 Å². The van der Waals surface area contributed by atoms with E-state index in [1.54, 1.807) is 12.1 Å². The second-order valence-corrected chi connectivity index (χ2v) is 4.50. The van der Waals surface area contributed by atoms with Gasteiger partial charge in [-0.15, -0.1) is 0 Å². The van der Waals surface area contributed by atoms with Crippen molar-refractivity contribution < 1.29 is 17.9 Å². The van der Waals surface area contributed by atoms with Gasteiger partial charge in [0.15, 0.2) is 17.4 Å². The first-order chi connectivity index (χ1) is 10.1. The molecular formula is C14H6ClF3N2O. The number of nitrogens with zero attached hydrogens (tertiary/aromatic N) is 2. The third kappa shape index (κ3) is 2.50. The van der Waals surface area contributed by atoms with E-state index in [0.717, 1.165) is 0 Å². The maximum atomic E-state index is 13.6. The van der Waals surface area contributed by atoms with Gasteiger partial charge >= 0.3 is 0 Å². The first kappa shape index (κ1) is 13.6. The molecule has 0 radical (unpaired) electrons. The second-order valence-electron chi connectivity index (χ2n) is 4.10. The molecule has 0 aliphatic rings. The van der Waals surface area contributed by atoms with Crippen molar-refractivity contribution in [3.05, 3.63) is 59.1 Å². The summed E-state index contributed by atoms with van der Waals surface area (Å²) < 4.78 is 44.7. The number of fused-ring (bicyclic) bond motifs is 1. The molecule has 0 aliphatic heterocycles. The highest BCUT2D eigenvalue weighted by molar-refractivity contribution is 6.35. The number of benzene rings is 1. The van der Waals surface area contributed by atoms with Crippen molar-refractivity contribution in [1.29, 1.82) is 0 Å². The predicted molar refractivity (Wildman–Crippen MR) is 70.9 cm³/mol. The molecule has 0 saturated carbocycles. The van der Waals surface area contributed by atoms with E-state index in [1.165, 1.54) is 18.3 Å². The summed E-state index contributed by atoms with van der Waals surface area (Å²) in [6, 6.07) is 6.71. The van der Waals surface area contributed by atoms with Crippen LogP contribution in [0, 0.1) is 17.6 Å². The molecule has 1 aromatic carbocycles. The van der Waals surface area contributed by atoms with E-state index in [-0.39, 0.29) is 5.75 Å². The first-order valence-corrected chi connectivity index (χ1v) is 6.16. The third-order valence-corrected chi connectivity index (χ3v) is 3.07. The maximum Gasteiger partial charge on any atom is 0.258 e. The van der Waals surface area contributed by atoms with E-state index in [0.29, 0.717) is 22.0 Å². The minimum atomic E-state index is -1.45. The fraction of sp³-hybridized carbons (Fsp3) is 0. The number of hydrogen-bond donors (Lipinski definition) is 0. The van der Waals surface area contributed by atoms with Crippen molar-refractivity contribution in [2.24, 2.45) is 0 Å². The van der Waals surface area contributed by atoms with Crippen LogP contribution >= 0.6 is 11.6 Å². The molecule has 0 amide bonds. The minimum absolute atomic E-state index is 0.132. The molecule has 0 aliphatic carbocycles. The Morgan fingerprint density at radius 3 is 2.67 bits per heavy atom. The minimum Gasteiger partial charge on any atom is -0.434 e. The summed E-state index contributed by atoms with van der Waals surface area (Å²) in [6.45, 7) is 0. The topological polar surface area (TPSA) is 35.0 Å². The SMILES string of the molecule is Fc1cc(F)c(Oc2ccc(Cl)c3cccnc23)nc1F. The number of pyridine rings is 2. The lowest BCUT2D eigenvalue weighted by Gasteiger charge is -2.09. The van der Waals surface area contributed by atoms with Crippen LogP contribution in [0.5, 0.6) is 11.6 Å². The van der Waals surface area contributed by atoms with Crippen LogP contribution < -0.4 is 4.74 Å². The number of rotatable bonds is 2. The van der Waals surface area contributed by atoms with Gasteiger partial charge in [-0.1, -0.05) is 11.6 Å². The summed E-state index contributed by atoms with van der Waals surface area (Å²) in [5.74, 6) is -4.50. The van der Waals surface area contributed by atoms with Gasteiger partial charge in [0.1, 0.15) is 5.52 Å². The quantitative estimate of drug-likeness (QED) is 0.654. The third-order valence-electron chi connectivity index (χ3n) is 2.74.